The molecular formula is C33H55N5O6. The lowest BCUT2D eigenvalue weighted by Gasteiger charge is -2.36. The summed E-state index contributed by atoms with van der Waals surface area (Å²) in [5.74, 6) is -0.0287. The number of aliphatic hydroxyl groups is 1. The number of rotatable bonds is 7. The number of carbonyl (C=O) groups excluding carboxylic acids is 3. The van der Waals surface area contributed by atoms with Crippen LogP contribution in [0.4, 0.5) is 15.3 Å². The van der Waals surface area contributed by atoms with Gasteiger partial charge in [0.25, 0.3) is 5.91 Å². The minimum atomic E-state index is -0.489. The average Bonchev–Trinajstić information content (AvgIpc) is 2.98. The fraction of sp³-hybridized carbons (Fsp3) is 0.727. The first-order valence-electron chi connectivity index (χ1n) is 16.4. The second-order valence-corrected chi connectivity index (χ2v) is 12.9. The summed E-state index contributed by atoms with van der Waals surface area (Å²) in [6, 6.07) is 4.28. The first kappa shape index (κ1) is 35.4. The molecule has 4 N–H and O–H groups in total. The molecule has 1 heterocycles. The van der Waals surface area contributed by atoms with Gasteiger partial charge >= 0.3 is 12.1 Å². The van der Waals surface area contributed by atoms with Crippen LogP contribution < -0.4 is 20.7 Å². The third-order valence-corrected chi connectivity index (χ3v) is 8.46. The van der Waals surface area contributed by atoms with Gasteiger partial charge in [-0.15, -0.1) is 0 Å². The molecule has 0 spiro atoms. The molecule has 2 aliphatic rings. The van der Waals surface area contributed by atoms with Crippen molar-refractivity contribution in [1.82, 2.24) is 20.4 Å². The number of carbonyl (C=O) groups is 3. The smallest absolute Gasteiger partial charge is 0.319 e. The molecule has 1 aliphatic heterocycles. The Kier molecular flexibility index (Phi) is 14.0. The molecule has 1 saturated carbocycles. The van der Waals surface area contributed by atoms with Crippen molar-refractivity contribution in [3.63, 3.8) is 0 Å². The maximum atomic E-state index is 14.2. The van der Waals surface area contributed by atoms with Crippen molar-refractivity contribution in [2.75, 3.05) is 38.7 Å². The van der Waals surface area contributed by atoms with Crippen molar-refractivity contribution < 1.29 is 29.0 Å². The molecule has 44 heavy (non-hydrogen) atoms. The van der Waals surface area contributed by atoms with Gasteiger partial charge in [0.15, 0.2) is 0 Å². The van der Waals surface area contributed by atoms with Gasteiger partial charge in [-0.1, -0.05) is 26.2 Å². The molecule has 0 bridgehead atoms. The molecule has 1 aliphatic carbocycles. The van der Waals surface area contributed by atoms with Gasteiger partial charge in [-0.05, 0) is 78.0 Å². The molecule has 0 radical (unpaired) electrons. The number of nitrogens with zero attached hydrogens (tertiary/aromatic N) is 2. The van der Waals surface area contributed by atoms with Gasteiger partial charge in [0.05, 0.1) is 30.4 Å². The van der Waals surface area contributed by atoms with Crippen molar-refractivity contribution in [3.05, 3.63) is 23.8 Å². The van der Waals surface area contributed by atoms with E-state index in [2.05, 4.69) is 16.0 Å². The Morgan fingerprint density at radius 2 is 1.77 bits per heavy atom. The number of hydrogen-bond donors (Lipinski definition) is 4. The zero-order valence-corrected chi connectivity index (χ0v) is 27.6. The van der Waals surface area contributed by atoms with Crippen molar-refractivity contribution in [3.8, 4) is 5.75 Å². The summed E-state index contributed by atoms with van der Waals surface area (Å²) in [6.45, 7) is 10.5. The third-order valence-electron chi connectivity index (χ3n) is 8.46. The number of amides is 5. The molecule has 248 valence electrons. The van der Waals surface area contributed by atoms with Gasteiger partial charge < -0.3 is 40.3 Å². The summed E-state index contributed by atoms with van der Waals surface area (Å²) in [4.78, 5) is 43.0. The number of nitrogens with one attached hydrogen (secondary N) is 3. The van der Waals surface area contributed by atoms with Gasteiger partial charge in [0, 0.05) is 50.4 Å². The van der Waals surface area contributed by atoms with E-state index in [4.69, 9.17) is 9.47 Å². The van der Waals surface area contributed by atoms with Crippen molar-refractivity contribution in [2.24, 2.45) is 5.92 Å². The summed E-state index contributed by atoms with van der Waals surface area (Å²) in [6.07, 6.45) is 7.54. The molecule has 3 rings (SSSR count). The van der Waals surface area contributed by atoms with E-state index in [1.54, 1.807) is 42.0 Å². The predicted octanol–water partition coefficient (Wildman–Crippen LogP) is 4.99. The summed E-state index contributed by atoms with van der Waals surface area (Å²) in [5, 5.41) is 18.9. The van der Waals surface area contributed by atoms with Crippen LogP contribution in [0.2, 0.25) is 0 Å². The first-order valence-corrected chi connectivity index (χ1v) is 16.4. The molecule has 1 aromatic rings. The Morgan fingerprint density at radius 1 is 1.07 bits per heavy atom. The van der Waals surface area contributed by atoms with E-state index in [9.17, 15) is 19.5 Å². The Morgan fingerprint density at radius 3 is 2.45 bits per heavy atom. The standard InChI is InChI=1S/C33H55N5O6/c1-22(2)34-32(41)35-27-15-16-29-28(18-27)31(40)38(24(4)21-39)19-23(3)30(43-17-11-10-12-25(5)44-29)20-37(6)33(42)36-26-13-8-7-9-14-26/h15-16,18,22-26,30,39H,7-14,17,19-21H2,1-6H3,(H,36,42)(H2,34,35,41)/t23-,24+,25-,30+/m1/s1. The maximum Gasteiger partial charge on any atom is 0.319 e. The summed E-state index contributed by atoms with van der Waals surface area (Å²) < 4.78 is 12.6. The van der Waals surface area contributed by atoms with Crippen molar-refractivity contribution in [2.45, 2.75) is 116 Å². The van der Waals surface area contributed by atoms with E-state index in [0.29, 0.717) is 36.7 Å². The molecular weight excluding hydrogens is 562 g/mol. The number of urea groups is 2. The molecule has 0 aromatic heterocycles. The number of likely N-dealkylation sites (N-methyl/N-ethyl adjacent to an activating group) is 1. The fourth-order valence-electron chi connectivity index (χ4n) is 5.78. The molecule has 5 amide bonds. The van der Waals surface area contributed by atoms with E-state index in [1.807, 2.05) is 27.7 Å². The Labute approximate surface area is 263 Å². The fourth-order valence-corrected chi connectivity index (χ4v) is 5.78. The van der Waals surface area contributed by atoms with Crippen molar-refractivity contribution >= 4 is 23.7 Å². The minimum Gasteiger partial charge on any atom is -0.490 e. The summed E-state index contributed by atoms with van der Waals surface area (Å²) in [7, 11) is 1.79. The maximum absolute atomic E-state index is 14.2. The van der Waals surface area contributed by atoms with Crippen LogP contribution in [0, 0.1) is 5.92 Å². The Balaban J connectivity index is 1.86. The monoisotopic (exact) mass is 617 g/mol. The van der Waals surface area contributed by atoms with Crippen LogP contribution in [-0.2, 0) is 4.74 Å². The second kappa shape index (κ2) is 17.4. The lowest BCUT2D eigenvalue weighted by Crippen LogP contribution is -2.50. The zero-order chi connectivity index (χ0) is 32.2. The molecule has 11 nitrogen and oxygen atoms in total. The highest BCUT2D eigenvalue weighted by Gasteiger charge is 2.31. The number of hydrogen-bond acceptors (Lipinski definition) is 6. The zero-order valence-electron chi connectivity index (χ0n) is 27.6. The number of ether oxygens (including phenoxy) is 2. The first-order chi connectivity index (χ1) is 21.0. The Hall–Kier alpha value is -3.05. The quantitative estimate of drug-likeness (QED) is 0.341. The minimum absolute atomic E-state index is 0.0481. The second-order valence-electron chi connectivity index (χ2n) is 12.9. The van der Waals surface area contributed by atoms with E-state index in [1.165, 1.54) is 6.42 Å². The largest absolute Gasteiger partial charge is 0.490 e. The molecule has 1 aromatic carbocycles. The van der Waals surface area contributed by atoms with E-state index >= 15 is 0 Å². The molecule has 0 unspecified atom stereocenters. The molecule has 11 heteroatoms. The van der Waals surface area contributed by atoms with Crippen LogP contribution in [0.1, 0.15) is 96.3 Å². The number of aliphatic hydroxyl groups excluding tert-OH is 1. The molecule has 1 fully saturated rings. The number of benzene rings is 1. The lowest BCUT2D eigenvalue weighted by atomic mass is 9.96. The number of anilines is 1. The van der Waals surface area contributed by atoms with Gasteiger partial charge in [-0.3, -0.25) is 4.79 Å². The Bertz CT molecular complexity index is 1080. The third kappa shape index (κ3) is 10.8. The molecule has 0 saturated heterocycles. The highest BCUT2D eigenvalue weighted by molar-refractivity contribution is 5.99. The number of fused-ring (bicyclic) bond motifs is 1. The van der Waals surface area contributed by atoms with Gasteiger partial charge in [0.1, 0.15) is 5.75 Å². The van der Waals surface area contributed by atoms with Crippen LogP contribution in [0.25, 0.3) is 0 Å². The van der Waals surface area contributed by atoms with Crippen LogP contribution in [-0.4, -0.2) is 96.6 Å². The normalized spacial score (nSPS) is 23.1. The van der Waals surface area contributed by atoms with Gasteiger partial charge in [-0.25, -0.2) is 9.59 Å². The summed E-state index contributed by atoms with van der Waals surface area (Å²) in [5.41, 5.74) is 0.772. The van der Waals surface area contributed by atoms with E-state index in [-0.39, 0.29) is 54.8 Å². The van der Waals surface area contributed by atoms with Crippen LogP contribution in [0.5, 0.6) is 5.75 Å². The van der Waals surface area contributed by atoms with Gasteiger partial charge in [-0.2, -0.15) is 0 Å². The SMILES string of the molecule is CC(C)NC(=O)Nc1ccc2c(c1)C(=O)N([C@@H](C)CO)C[C@@H](C)[C@H](CN(C)C(=O)NC1CCCCC1)OCCCC[C@@H](C)O2. The van der Waals surface area contributed by atoms with Crippen LogP contribution >= 0.6 is 0 Å². The van der Waals surface area contributed by atoms with Crippen LogP contribution in [0.15, 0.2) is 18.2 Å². The van der Waals surface area contributed by atoms with E-state index < -0.39 is 6.04 Å². The average molecular weight is 618 g/mol. The topological polar surface area (TPSA) is 132 Å². The highest BCUT2D eigenvalue weighted by Crippen LogP contribution is 2.28. The molecule has 4 atom stereocenters. The predicted molar refractivity (Wildman–Crippen MR) is 172 cm³/mol. The lowest BCUT2D eigenvalue weighted by molar-refractivity contribution is -0.0123. The summed E-state index contributed by atoms with van der Waals surface area (Å²) >= 11 is 0. The van der Waals surface area contributed by atoms with E-state index in [0.717, 1.165) is 44.9 Å². The van der Waals surface area contributed by atoms with Crippen LogP contribution in [0.3, 0.4) is 0 Å². The van der Waals surface area contributed by atoms with Gasteiger partial charge in [0.2, 0.25) is 0 Å². The van der Waals surface area contributed by atoms with Crippen molar-refractivity contribution in [1.29, 1.82) is 0 Å². The highest BCUT2D eigenvalue weighted by atomic mass is 16.5.